The summed E-state index contributed by atoms with van der Waals surface area (Å²) in [7, 11) is 0. The Labute approximate surface area is 67.8 Å². The maximum atomic E-state index is 5.29. The lowest BCUT2D eigenvalue weighted by Gasteiger charge is -1.86. The zero-order valence-electron chi connectivity index (χ0n) is 6.40. The van der Waals surface area contributed by atoms with Crippen LogP contribution in [-0.4, -0.2) is 20.3 Å². The van der Waals surface area contributed by atoms with Crippen LogP contribution < -0.4 is 5.73 Å². The van der Waals surface area contributed by atoms with Gasteiger partial charge in [0.15, 0.2) is 0 Å². The highest BCUT2D eigenvalue weighted by Gasteiger charge is 2.10. The van der Waals surface area contributed by atoms with E-state index in [4.69, 9.17) is 10.3 Å². The molecule has 0 radical (unpaired) electrons. The summed E-state index contributed by atoms with van der Waals surface area (Å²) in [6, 6.07) is 0. The van der Waals surface area contributed by atoms with Crippen molar-refractivity contribution in [3.05, 3.63) is 11.9 Å². The van der Waals surface area contributed by atoms with Gasteiger partial charge in [0.05, 0.1) is 11.8 Å². The van der Waals surface area contributed by atoms with Crippen molar-refractivity contribution >= 4 is 5.95 Å². The molecular weight excluding hydrogens is 158 g/mol. The fourth-order valence-corrected chi connectivity index (χ4v) is 0.911. The maximum absolute atomic E-state index is 5.29. The molecule has 0 aliphatic rings. The number of hydrogen-bond acceptors (Lipinski definition) is 5. The van der Waals surface area contributed by atoms with Gasteiger partial charge in [-0.05, 0) is 12.1 Å². The summed E-state index contributed by atoms with van der Waals surface area (Å²) in [6.45, 7) is 1.86. The molecule has 2 rings (SSSR count). The minimum atomic E-state index is 0.130. The first-order valence-corrected chi connectivity index (χ1v) is 3.37. The van der Waals surface area contributed by atoms with E-state index >= 15 is 0 Å². The molecule has 3 N–H and O–H groups in total. The Hall–Kier alpha value is -1.85. The summed E-state index contributed by atoms with van der Waals surface area (Å²) in [5.74, 6) is 0.518. The topological polar surface area (TPSA) is 93.6 Å². The third-order valence-electron chi connectivity index (χ3n) is 1.50. The average Bonchev–Trinajstić information content (AvgIpc) is 2.58. The third-order valence-corrected chi connectivity index (χ3v) is 1.50. The van der Waals surface area contributed by atoms with Gasteiger partial charge < -0.3 is 10.3 Å². The van der Waals surface area contributed by atoms with E-state index in [2.05, 4.69) is 20.3 Å². The van der Waals surface area contributed by atoms with E-state index in [-0.39, 0.29) is 5.95 Å². The van der Waals surface area contributed by atoms with Crippen LogP contribution in [0.25, 0.3) is 11.5 Å². The molecule has 0 amide bonds. The van der Waals surface area contributed by atoms with Gasteiger partial charge in [0.2, 0.25) is 0 Å². The summed E-state index contributed by atoms with van der Waals surface area (Å²) in [5, 5.41) is 10.0. The molecule has 62 valence electrons. The molecule has 0 fully saturated rings. The molecule has 0 spiro atoms. The Morgan fingerprint density at radius 1 is 1.58 bits per heavy atom. The fraction of sp³-hybridized carbons (Fsp3) is 0.167. The number of hydrogen-bond donors (Lipinski definition) is 2. The molecule has 0 aromatic carbocycles. The standard InChI is InChI=1S/C6H7N5O/c1-3-4(2-8-10-3)5-9-6(7)11-12-5/h2H,1H3,(H2,7,11)(H,8,10). The first-order valence-electron chi connectivity index (χ1n) is 3.37. The monoisotopic (exact) mass is 165 g/mol. The van der Waals surface area contributed by atoms with Crippen LogP contribution in [0.1, 0.15) is 5.69 Å². The second kappa shape index (κ2) is 2.33. The van der Waals surface area contributed by atoms with E-state index < -0.39 is 0 Å². The highest BCUT2D eigenvalue weighted by Crippen LogP contribution is 2.18. The molecule has 0 aliphatic heterocycles. The summed E-state index contributed by atoms with van der Waals surface area (Å²) in [4.78, 5) is 3.85. The van der Waals surface area contributed by atoms with Crippen LogP contribution in [0.5, 0.6) is 0 Å². The zero-order chi connectivity index (χ0) is 8.55. The Kier molecular flexibility index (Phi) is 1.33. The maximum Gasteiger partial charge on any atom is 0.262 e. The molecule has 2 heterocycles. The quantitative estimate of drug-likeness (QED) is 0.635. The summed E-state index contributed by atoms with van der Waals surface area (Å²) < 4.78 is 4.84. The predicted octanol–water partition coefficient (Wildman–Crippen LogP) is 0.350. The summed E-state index contributed by atoms with van der Waals surface area (Å²) >= 11 is 0. The molecule has 12 heavy (non-hydrogen) atoms. The van der Waals surface area contributed by atoms with Crippen molar-refractivity contribution in [3.63, 3.8) is 0 Å². The minimum Gasteiger partial charge on any atom is -0.365 e. The van der Waals surface area contributed by atoms with Gasteiger partial charge in [-0.25, -0.2) is 0 Å². The number of nitrogens with two attached hydrogens (primary N) is 1. The highest BCUT2D eigenvalue weighted by atomic mass is 16.5. The highest BCUT2D eigenvalue weighted by molar-refractivity contribution is 5.55. The molecule has 0 saturated carbocycles. The molecule has 0 atom stereocenters. The van der Waals surface area contributed by atoms with Crippen molar-refractivity contribution in [2.75, 3.05) is 5.73 Å². The summed E-state index contributed by atoms with van der Waals surface area (Å²) in [5.41, 5.74) is 6.94. The number of nitrogens with one attached hydrogen (secondary N) is 1. The first kappa shape index (κ1) is 6.84. The minimum absolute atomic E-state index is 0.130. The molecular formula is C6H7N5O. The zero-order valence-corrected chi connectivity index (χ0v) is 6.40. The van der Waals surface area contributed by atoms with Crippen LogP contribution >= 0.6 is 0 Å². The Morgan fingerprint density at radius 3 is 2.92 bits per heavy atom. The van der Waals surface area contributed by atoms with Gasteiger partial charge in [0.1, 0.15) is 0 Å². The fourth-order valence-electron chi connectivity index (χ4n) is 0.911. The molecule has 0 unspecified atom stereocenters. The van der Waals surface area contributed by atoms with Gasteiger partial charge in [-0.1, -0.05) is 0 Å². The number of nitrogen functional groups attached to an aromatic ring is 1. The molecule has 6 heteroatoms. The normalized spacial score (nSPS) is 10.4. The van der Waals surface area contributed by atoms with E-state index in [0.717, 1.165) is 11.3 Å². The van der Waals surface area contributed by atoms with Crippen molar-refractivity contribution < 1.29 is 4.52 Å². The average molecular weight is 165 g/mol. The van der Waals surface area contributed by atoms with Crippen LogP contribution in [0.3, 0.4) is 0 Å². The Balaban J connectivity index is 2.50. The van der Waals surface area contributed by atoms with Crippen molar-refractivity contribution in [1.29, 1.82) is 0 Å². The number of nitrogens with zero attached hydrogens (tertiary/aromatic N) is 3. The second-order valence-electron chi connectivity index (χ2n) is 2.37. The van der Waals surface area contributed by atoms with Crippen LogP contribution in [-0.2, 0) is 0 Å². The van der Waals surface area contributed by atoms with Crippen molar-refractivity contribution in [3.8, 4) is 11.5 Å². The number of aromatic nitrogens is 4. The second-order valence-corrected chi connectivity index (χ2v) is 2.37. The van der Waals surface area contributed by atoms with Gasteiger partial charge in [0.25, 0.3) is 11.8 Å². The molecule has 2 aromatic heterocycles. The van der Waals surface area contributed by atoms with Crippen molar-refractivity contribution in [2.45, 2.75) is 6.92 Å². The lowest BCUT2D eigenvalue weighted by molar-refractivity contribution is 0.433. The lowest BCUT2D eigenvalue weighted by Crippen LogP contribution is -1.85. The van der Waals surface area contributed by atoms with Crippen molar-refractivity contribution in [2.24, 2.45) is 0 Å². The first-order chi connectivity index (χ1) is 5.77. The molecule has 2 aromatic rings. The molecule has 0 bridgehead atoms. The van der Waals surface area contributed by atoms with E-state index in [1.807, 2.05) is 6.92 Å². The Bertz CT molecular complexity index is 390. The van der Waals surface area contributed by atoms with Crippen LogP contribution in [0.4, 0.5) is 5.95 Å². The van der Waals surface area contributed by atoms with Gasteiger partial charge in [0, 0.05) is 5.69 Å². The lowest BCUT2D eigenvalue weighted by atomic mass is 10.3. The number of aryl methyl sites for hydroxylation is 1. The van der Waals surface area contributed by atoms with Gasteiger partial charge in [-0.3, -0.25) is 5.10 Å². The van der Waals surface area contributed by atoms with Gasteiger partial charge in [-0.2, -0.15) is 10.1 Å². The smallest absolute Gasteiger partial charge is 0.262 e. The van der Waals surface area contributed by atoms with Crippen LogP contribution in [0.2, 0.25) is 0 Å². The third kappa shape index (κ3) is 0.931. The number of aromatic amines is 1. The SMILES string of the molecule is Cc1[nH]ncc1-c1nc(N)no1. The molecule has 0 aliphatic carbocycles. The Morgan fingerprint density at radius 2 is 2.42 bits per heavy atom. The van der Waals surface area contributed by atoms with E-state index in [1.54, 1.807) is 6.20 Å². The molecule has 0 saturated heterocycles. The van der Waals surface area contributed by atoms with E-state index in [0.29, 0.717) is 5.89 Å². The van der Waals surface area contributed by atoms with Gasteiger partial charge in [-0.15, -0.1) is 0 Å². The van der Waals surface area contributed by atoms with Crippen molar-refractivity contribution in [1.82, 2.24) is 20.3 Å². The van der Waals surface area contributed by atoms with Gasteiger partial charge >= 0.3 is 0 Å². The number of anilines is 1. The summed E-state index contributed by atoms with van der Waals surface area (Å²) in [6.07, 6.45) is 1.61. The van der Waals surface area contributed by atoms with Crippen LogP contribution in [0, 0.1) is 6.92 Å². The van der Waals surface area contributed by atoms with E-state index in [9.17, 15) is 0 Å². The van der Waals surface area contributed by atoms with E-state index in [1.165, 1.54) is 0 Å². The predicted molar refractivity (Wildman–Crippen MR) is 41.0 cm³/mol. The molecule has 6 nitrogen and oxygen atoms in total. The largest absolute Gasteiger partial charge is 0.365 e. The van der Waals surface area contributed by atoms with Crippen LogP contribution in [0.15, 0.2) is 10.7 Å². The number of rotatable bonds is 1. The number of H-pyrrole nitrogens is 1.